The molecule has 0 heterocycles. The molecule has 80 valence electrons. The van der Waals surface area contributed by atoms with Gasteiger partial charge < -0.3 is 0 Å². The fourth-order valence-corrected chi connectivity index (χ4v) is 1.94. The zero-order valence-electron chi connectivity index (χ0n) is 6.77. The van der Waals surface area contributed by atoms with Gasteiger partial charge in [0.05, 0.1) is 0 Å². The molecule has 0 amide bonds. The van der Waals surface area contributed by atoms with Crippen LogP contribution in [-0.2, 0) is 13.9 Å². The van der Waals surface area contributed by atoms with Crippen LogP contribution in [0.2, 0.25) is 6.04 Å². The molecular weight excluding hydrogens is 229 g/mol. The van der Waals surface area contributed by atoms with Crippen LogP contribution in [0.1, 0.15) is 19.3 Å². The lowest BCUT2D eigenvalue weighted by atomic mass is 10.3. The van der Waals surface area contributed by atoms with E-state index >= 15 is 0 Å². The summed E-state index contributed by atoms with van der Waals surface area (Å²) in [7, 11) is -4.31. The summed E-state index contributed by atoms with van der Waals surface area (Å²) in [5.41, 5.74) is 0. The zero-order valence-corrected chi connectivity index (χ0v) is 8.53. The highest BCUT2D eigenvalue weighted by molar-refractivity contribution is 6.59. The molecule has 0 fully saturated rings. The lowest BCUT2D eigenvalue weighted by Gasteiger charge is -2.13. The maximum absolute atomic E-state index is 11.6. The van der Waals surface area contributed by atoms with Crippen molar-refractivity contribution in [3.63, 3.8) is 0 Å². The molecule has 0 rings (SSSR count). The SMILES string of the molecule is FO[Si](CCCCCCl)(OF)OF. The van der Waals surface area contributed by atoms with E-state index in [4.69, 9.17) is 11.6 Å². The first-order chi connectivity index (χ1) is 6.24. The highest BCUT2D eigenvalue weighted by atomic mass is 35.5. The number of hydrogen-bond acceptors (Lipinski definition) is 3. The number of rotatable bonds is 8. The van der Waals surface area contributed by atoms with Gasteiger partial charge in [-0.15, -0.1) is 11.6 Å². The Labute approximate surface area is 79.8 Å². The fourth-order valence-electron chi connectivity index (χ4n) is 0.764. The Balaban J connectivity index is 3.68. The minimum absolute atomic E-state index is 0.257. The Morgan fingerprint density at radius 2 is 1.46 bits per heavy atom. The molecule has 0 N–H and O–H groups in total. The van der Waals surface area contributed by atoms with E-state index in [1.54, 1.807) is 0 Å². The first kappa shape index (κ1) is 13.2. The summed E-state index contributed by atoms with van der Waals surface area (Å²) in [5.74, 6) is 0.442. The molecule has 0 aromatic heterocycles. The molecule has 0 aromatic rings. The molecule has 8 heteroatoms. The van der Waals surface area contributed by atoms with Crippen molar-refractivity contribution in [3.05, 3.63) is 0 Å². The van der Waals surface area contributed by atoms with Gasteiger partial charge in [0.15, 0.2) is 0 Å². The van der Waals surface area contributed by atoms with Crippen LogP contribution in [0, 0.1) is 0 Å². The maximum Gasteiger partial charge on any atom is 0.601 e. The van der Waals surface area contributed by atoms with Gasteiger partial charge in [-0.25, -0.2) is 0 Å². The number of hydrogen-bond donors (Lipinski definition) is 0. The van der Waals surface area contributed by atoms with Gasteiger partial charge in [0, 0.05) is 11.9 Å². The molecule has 0 aliphatic carbocycles. The van der Waals surface area contributed by atoms with E-state index in [9.17, 15) is 13.6 Å². The molecule has 0 aromatic carbocycles. The highest BCUT2D eigenvalue weighted by Crippen LogP contribution is 2.20. The van der Waals surface area contributed by atoms with E-state index < -0.39 is 8.80 Å². The van der Waals surface area contributed by atoms with Crippen LogP contribution in [0.5, 0.6) is 0 Å². The molecule has 13 heavy (non-hydrogen) atoms. The second-order valence-corrected chi connectivity index (χ2v) is 5.12. The minimum atomic E-state index is -4.31. The summed E-state index contributed by atoms with van der Waals surface area (Å²) in [6.07, 6.45) is 1.61. The third kappa shape index (κ3) is 4.82. The van der Waals surface area contributed by atoms with Crippen LogP contribution in [-0.4, -0.2) is 14.7 Å². The largest absolute Gasteiger partial charge is 0.601 e. The van der Waals surface area contributed by atoms with E-state index in [-0.39, 0.29) is 6.04 Å². The molecule has 0 unspecified atom stereocenters. The standard InChI is InChI=1S/C5H10ClF3O3Si/c6-4-2-1-3-5-13(10-7,11-8)12-9/h1-5H2. The Kier molecular flexibility index (Phi) is 7.67. The molecule has 0 aliphatic heterocycles. The topological polar surface area (TPSA) is 27.7 Å². The van der Waals surface area contributed by atoms with Crippen molar-refractivity contribution in [1.82, 2.24) is 0 Å². The van der Waals surface area contributed by atoms with Gasteiger partial charge in [0.2, 0.25) is 0 Å². The Morgan fingerprint density at radius 3 is 1.85 bits per heavy atom. The lowest BCUT2D eigenvalue weighted by Crippen LogP contribution is -2.38. The summed E-state index contributed by atoms with van der Waals surface area (Å²) < 4.78 is 44.0. The van der Waals surface area contributed by atoms with Crippen LogP contribution < -0.4 is 0 Å². The molecule has 3 nitrogen and oxygen atoms in total. The Hall–Kier alpha value is 0.177. The predicted molar refractivity (Wildman–Crippen MR) is 41.7 cm³/mol. The smallest absolute Gasteiger partial charge is 0.174 e. The van der Waals surface area contributed by atoms with Gasteiger partial charge in [-0.2, -0.15) is 13.9 Å². The van der Waals surface area contributed by atoms with Crippen molar-refractivity contribution in [3.8, 4) is 0 Å². The summed E-state index contributed by atoms with van der Waals surface area (Å²) in [5, 5.41) is 0. The zero-order chi connectivity index (χ0) is 10.2. The third-order valence-electron chi connectivity index (χ3n) is 1.47. The minimum Gasteiger partial charge on any atom is -0.174 e. The van der Waals surface area contributed by atoms with Crippen LogP contribution in [0.3, 0.4) is 0 Å². The maximum atomic E-state index is 11.6. The first-order valence-electron chi connectivity index (χ1n) is 3.70. The van der Waals surface area contributed by atoms with E-state index in [0.29, 0.717) is 25.1 Å². The summed E-state index contributed by atoms with van der Waals surface area (Å²) in [6, 6.07) is -0.257. The normalized spacial score (nSPS) is 12.0. The van der Waals surface area contributed by atoms with E-state index in [2.05, 4.69) is 13.9 Å². The fraction of sp³-hybridized carbons (Fsp3) is 1.00. The second-order valence-electron chi connectivity index (χ2n) is 2.41. The Bertz CT molecular complexity index is 119. The monoisotopic (exact) mass is 238 g/mol. The molecule has 0 atom stereocenters. The molecule has 0 aliphatic rings. The summed E-state index contributed by atoms with van der Waals surface area (Å²) in [6.45, 7) is 0. The molecule has 0 bridgehead atoms. The van der Waals surface area contributed by atoms with E-state index in [0.717, 1.165) is 0 Å². The van der Waals surface area contributed by atoms with Crippen molar-refractivity contribution < 1.29 is 27.5 Å². The second kappa shape index (κ2) is 7.57. The van der Waals surface area contributed by atoms with Gasteiger partial charge in [-0.1, -0.05) is 20.0 Å². The highest BCUT2D eigenvalue weighted by Gasteiger charge is 2.46. The van der Waals surface area contributed by atoms with Crippen LogP contribution in [0.15, 0.2) is 0 Å². The molecule has 0 saturated heterocycles. The number of unbranched alkanes of at least 4 members (excludes halogenated alkanes) is 2. The van der Waals surface area contributed by atoms with Crippen molar-refractivity contribution in [2.75, 3.05) is 5.88 Å². The van der Waals surface area contributed by atoms with Crippen molar-refractivity contribution in [1.29, 1.82) is 0 Å². The van der Waals surface area contributed by atoms with Crippen LogP contribution in [0.25, 0.3) is 0 Å². The van der Waals surface area contributed by atoms with E-state index in [1.807, 2.05) is 0 Å². The van der Waals surface area contributed by atoms with Crippen molar-refractivity contribution >= 4 is 20.4 Å². The molecule has 0 spiro atoms. The quantitative estimate of drug-likeness (QED) is 0.370. The first-order valence-corrected chi connectivity index (χ1v) is 6.16. The Morgan fingerprint density at radius 1 is 0.923 bits per heavy atom. The van der Waals surface area contributed by atoms with Gasteiger partial charge >= 0.3 is 8.80 Å². The lowest BCUT2D eigenvalue weighted by molar-refractivity contribution is -0.211. The molecule has 0 saturated carbocycles. The van der Waals surface area contributed by atoms with Gasteiger partial charge in [-0.05, 0) is 12.8 Å². The molecule has 0 radical (unpaired) electrons. The third-order valence-corrected chi connectivity index (χ3v) is 3.41. The van der Waals surface area contributed by atoms with Crippen molar-refractivity contribution in [2.24, 2.45) is 0 Å². The van der Waals surface area contributed by atoms with E-state index in [1.165, 1.54) is 0 Å². The molecular formula is C5H10ClF3O3Si. The van der Waals surface area contributed by atoms with Gasteiger partial charge in [0.25, 0.3) is 0 Å². The van der Waals surface area contributed by atoms with Crippen LogP contribution >= 0.6 is 11.6 Å². The average molecular weight is 239 g/mol. The summed E-state index contributed by atoms with van der Waals surface area (Å²) in [4.78, 5) is 0. The average Bonchev–Trinajstić information content (AvgIpc) is 2.20. The number of halogens is 4. The van der Waals surface area contributed by atoms with Crippen molar-refractivity contribution in [2.45, 2.75) is 25.3 Å². The van der Waals surface area contributed by atoms with Gasteiger partial charge in [-0.3, -0.25) is 0 Å². The van der Waals surface area contributed by atoms with Gasteiger partial charge in [0.1, 0.15) is 0 Å². The number of alkyl halides is 1. The van der Waals surface area contributed by atoms with Crippen LogP contribution in [0.4, 0.5) is 13.6 Å². The summed E-state index contributed by atoms with van der Waals surface area (Å²) >= 11 is 5.35. The predicted octanol–water partition coefficient (Wildman–Crippen LogP) is 3.04.